The largest absolute Gasteiger partial charge is 0.497 e. The summed E-state index contributed by atoms with van der Waals surface area (Å²) in [6, 6.07) is 13.0. The summed E-state index contributed by atoms with van der Waals surface area (Å²) in [5.74, 6) is -3.62. The third-order valence-corrected chi connectivity index (χ3v) is 6.00. The average molecular weight is 568 g/mol. The van der Waals surface area contributed by atoms with Crippen molar-refractivity contribution in [1.82, 2.24) is 4.90 Å². The number of carboxylic acid groups (broad SMARTS) is 2. The van der Waals surface area contributed by atoms with Crippen LogP contribution in [-0.4, -0.2) is 71.8 Å². The number of carbonyl (C=O) groups is 4. The summed E-state index contributed by atoms with van der Waals surface area (Å²) >= 11 is 0. The number of hydrogen-bond acceptors (Lipinski definition) is 6. The molecule has 4 N–H and O–H groups in total. The van der Waals surface area contributed by atoms with E-state index in [4.69, 9.17) is 25.5 Å². The van der Waals surface area contributed by atoms with Gasteiger partial charge in [-0.2, -0.15) is 13.2 Å². The van der Waals surface area contributed by atoms with Gasteiger partial charge in [-0.05, 0) is 61.2 Å². The van der Waals surface area contributed by atoms with Gasteiger partial charge in [-0.25, -0.2) is 4.79 Å². The number of ether oxygens (including phenoxy) is 1. The minimum absolute atomic E-state index is 0.0174. The van der Waals surface area contributed by atoms with Gasteiger partial charge < -0.3 is 30.5 Å². The summed E-state index contributed by atoms with van der Waals surface area (Å²) in [5.41, 5.74) is 8.45. The van der Waals surface area contributed by atoms with Crippen LogP contribution in [0.2, 0.25) is 0 Å². The van der Waals surface area contributed by atoms with Crippen molar-refractivity contribution in [2.24, 2.45) is 5.73 Å². The Morgan fingerprint density at radius 3 is 2.17 bits per heavy atom. The van der Waals surface area contributed by atoms with E-state index in [0.29, 0.717) is 24.3 Å². The molecule has 0 atom stereocenters. The standard InChI is InChI=1S/C25H31N3O5.C2HF3O2/c1-33-20-9-6-19(7-10-20)16-28-22-11-8-18(5-3-2-4-13-26)15-21(22)25(32)27(17-23(28)29)14-12-24(30)31;3-2(4,5)1(6)7/h6-11,15H,2-5,12-14,16-17,26H2,1H3,(H,30,31);(H,6,7). The number of rotatable bonds is 11. The Bertz CT molecular complexity index is 1190. The number of fused-ring (bicyclic) bond motifs is 1. The summed E-state index contributed by atoms with van der Waals surface area (Å²) in [7, 11) is 1.59. The zero-order valence-electron chi connectivity index (χ0n) is 21.9. The fourth-order valence-electron chi connectivity index (χ4n) is 3.92. The lowest BCUT2D eigenvalue weighted by Gasteiger charge is -2.23. The summed E-state index contributed by atoms with van der Waals surface area (Å²) in [6.07, 6.45) is -1.57. The summed E-state index contributed by atoms with van der Waals surface area (Å²) < 4.78 is 36.9. The van der Waals surface area contributed by atoms with Gasteiger partial charge in [-0.1, -0.05) is 24.6 Å². The molecular weight excluding hydrogens is 535 g/mol. The summed E-state index contributed by atoms with van der Waals surface area (Å²) in [5, 5.41) is 16.2. The van der Waals surface area contributed by atoms with Gasteiger partial charge in [0.2, 0.25) is 5.91 Å². The molecular formula is C27H32F3N3O7. The Kier molecular flexibility index (Phi) is 11.9. The van der Waals surface area contributed by atoms with Crippen molar-refractivity contribution in [2.45, 2.75) is 44.8 Å². The first-order chi connectivity index (χ1) is 18.9. The molecule has 13 heteroatoms. The highest BCUT2D eigenvalue weighted by atomic mass is 19.4. The zero-order chi connectivity index (χ0) is 29.9. The first-order valence-corrected chi connectivity index (χ1v) is 12.4. The molecule has 218 valence electrons. The van der Waals surface area contributed by atoms with Crippen LogP contribution >= 0.6 is 0 Å². The van der Waals surface area contributed by atoms with E-state index >= 15 is 0 Å². The Morgan fingerprint density at radius 2 is 1.62 bits per heavy atom. The van der Waals surface area contributed by atoms with Crippen LogP contribution in [0.5, 0.6) is 5.75 Å². The normalized spacial score (nSPS) is 13.2. The number of carboxylic acids is 2. The van der Waals surface area contributed by atoms with Crippen molar-refractivity contribution in [1.29, 1.82) is 0 Å². The minimum Gasteiger partial charge on any atom is -0.497 e. The number of aryl methyl sites for hydroxylation is 1. The van der Waals surface area contributed by atoms with E-state index in [9.17, 15) is 27.6 Å². The predicted octanol–water partition coefficient (Wildman–Crippen LogP) is 3.46. The highest BCUT2D eigenvalue weighted by Crippen LogP contribution is 2.29. The van der Waals surface area contributed by atoms with Crippen LogP contribution in [0.3, 0.4) is 0 Å². The number of hydrogen-bond donors (Lipinski definition) is 3. The molecule has 0 saturated carbocycles. The van der Waals surface area contributed by atoms with Crippen molar-refractivity contribution in [3.63, 3.8) is 0 Å². The number of carbonyl (C=O) groups excluding carboxylic acids is 2. The van der Waals surface area contributed by atoms with Crippen LogP contribution in [-0.2, 0) is 27.3 Å². The van der Waals surface area contributed by atoms with Gasteiger partial charge in [0.1, 0.15) is 12.3 Å². The van der Waals surface area contributed by atoms with E-state index in [0.717, 1.165) is 42.6 Å². The van der Waals surface area contributed by atoms with Crippen LogP contribution in [0.25, 0.3) is 0 Å². The lowest BCUT2D eigenvalue weighted by Crippen LogP contribution is -2.40. The molecule has 10 nitrogen and oxygen atoms in total. The number of nitrogens with two attached hydrogens (primary N) is 1. The maximum absolute atomic E-state index is 13.3. The van der Waals surface area contributed by atoms with E-state index in [-0.39, 0.29) is 31.3 Å². The molecule has 0 bridgehead atoms. The van der Waals surface area contributed by atoms with Gasteiger partial charge in [-0.15, -0.1) is 0 Å². The number of unbranched alkanes of at least 4 members (excludes halogenated alkanes) is 2. The molecule has 0 fully saturated rings. The number of amides is 2. The Labute approximate surface area is 229 Å². The first kappa shape index (κ1) is 32.1. The first-order valence-electron chi connectivity index (χ1n) is 12.4. The van der Waals surface area contributed by atoms with Gasteiger partial charge in [0.15, 0.2) is 0 Å². The topological polar surface area (TPSA) is 150 Å². The number of aliphatic carboxylic acids is 2. The molecule has 0 unspecified atom stereocenters. The van der Waals surface area contributed by atoms with E-state index in [1.54, 1.807) is 12.0 Å². The van der Waals surface area contributed by atoms with Crippen molar-refractivity contribution >= 4 is 29.4 Å². The third-order valence-electron chi connectivity index (χ3n) is 6.00. The highest BCUT2D eigenvalue weighted by Gasteiger charge is 2.38. The van der Waals surface area contributed by atoms with Crippen LogP contribution in [0.15, 0.2) is 42.5 Å². The van der Waals surface area contributed by atoms with Crippen LogP contribution in [0.1, 0.15) is 47.2 Å². The molecule has 3 rings (SSSR count). The zero-order valence-corrected chi connectivity index (χ0v) is 21.9. The van der Waals surface area contributed by atoms with Gasteiger partial charge in [-0.3, -0.25) is 14.4 Å². The van der Waals surface area contributed by atoms with Gasteiger partial charge in [0.05, 0.1) is 31.3 Å². The highest BCUT2D eigenvalue weighted by molar-refractivity contribution is 6.09. The van der Waals surface area contributed by atoms with Crippen molar-refractivity contribution in [2.75, 3.05) is 31.6 Å². The third kappa shape index (κ3) is 9.56. The summed E-state index contributed by atoms with van der Waals surface area (Å²) in [4.78, 5) is 49.4. The van der Waals surface area contributed by atoms with Crippen LogP contribution in [0, 0.1) is 0 Å². The van der Waals surface area contributed by atoms with Crippen molar-refractivity contribution in [3.8, 4) is 5.75 Å². The lowest BCUT2D eigenvalue weighted by atomic mass is 10.0. The molecule has 1 heterocycles. The van der Waals surface area contributed by atoms with Gasteiger partial charge >= 0.3 is 18.1 Å². The number of nitrogens with zero attached hydrogens (tertiary/aromatic N) is 2. The molecule has 2 amide bonds. The summed E-state index contributed by atoms with van der Waals surface area (Å²) in [6.45, 7) is 0.772. The number of benzene rings is 2. The minimum atomic E-state index is -5.08. The van der Waals surface area contributed by atoms with E-state index < -0.39 is 18.1 Å². The Hall–Kier alpha value is -4.13. The molecule has 0 aromatic heterocycles. The molecule has 0 spiro atoms. The molecule has 1 aliphatic rings. The second kappa shape index (κ2) is 14.9. The molecule has 0 radical (unpaired) electrons. The van der Waals surface area contributed by atoms with Crippen molar-refractivity contribution < 1.29 is 47.3 Å². The van der Waals surface area contributed by atoms with Crippen LogP contribution < -0.4 is 15.4 Å². The number of anilines is 1. The van der Waals surface area contributed by atoms with Crippen molar-refractivity contribution in [3.05, 3.63) is 59.2 Å². The molecule has 0 aliphatic carbocycles. The monoisotopic (exact) mass is 567 g/mol. The van der Waals surface area contributed by atoms with E-state index in [1.807, 2.05) is 42.5 Å². The maximum Gasteiger partial charge on any atom is 0.490 e. The van der Waals surface area contributed by atoms with E-state index in [2.05, 4.69) is 0 Å². The molecule has 2 aromatic rings. The number of methoxy groups -OCH3 is 1. The van der Waals surface area contributed by atoms with Crippen LogP contribution in [0.4, 0.5) is 18.9 Å². The number of alkyl halides is 3. The Morgan fingerprint density at radius 1 is 1.00 bits per heavy atom. The smallest absolute Gasteiger partial charge is 0.490 e. The lowest BCUT2D eigenvalue weighted by molar-refractivity contribution is -0.192. The predicted molar refractivity (Wildman–Crippen MR) is 139 cm³/mol. The maximum atomic E-state index is 13.3. The number of halogens is 3. The van der Waals surface area contributed by atoms with Gasteiger partial charge in [0.25, 0.3) is 5.91 Å². The van der Waals surface area contributed by atoms with Gasteiger partial charge in [0, 0.05) is 6.54 Å². The Balaban J connectivity index is 0.000000708. The molecule has 0 saturated heterocycles. The molecule has 40 heavy (non-hydrogen) atoms. The fourth-order valence-corrected chi connectivity index (χ4v) is 3.92. The molecule has 2 aromatic carbocycles. The average Bonchev–Trinajstić information content (AvgIpc) is 3.00. The SMILES string of the molecule is COc1ccc(CN2C(=O)CN(CCC(=O)O)C(=O)c3cc(CCCCCN)ccc32)cc1.O=C(O)C(F)(F)F. The fraction of sp³-hybridized carbons (Fsp3) is 0.407. The second-order valence-corrected chi connectivity index (χ2v) is 8.95. The quantitative estimate of drug-likeness (QED) is 0.350. The molecule has 1 aliphatic heterocycles. The second-order valence-electron chi connectivity index (χ2n) is 8.95. The van der Waals surface area contributed by atoms with E-state index in [1.165, 1.54) is 4.90 Å².